The summed E-state index contributed by atoms with van der Waals surface area (Å²) in [5.74, 6) is 1.32. The normalized spacial score (nSPS) is 14.8. The predicted octanol–water partition coefficient (Wildman–Crippen LogP) is 4.67. The number of methoxy groups -OCH3 is 1. The molecule has 0 spiro atoms. The van der Waals surface area contributed by atoms with Crippen molar-refractivity contribution in [3.63, 3.8) is 0 Å². The van der Waals surface area contributed by atoms with Gasteiger partial charge in [-0.1, -0.05) is 11.6 Å². The highest BCUT2D eigenvalue weighted by molar-refractivity contribution is 6.31. The van der Waals surface area contributed by atoms with Crippen molar-refractivity contribution in [3.8, 4) is 11.5 Å². The molecule has 0 saturated carbocycles. The minimum absolute atomic E-state index is 0.0371. The van der Waals surface area contributed by atoms with Gasteiger partial charge in [-0.25, -0.2) is 14.4 Å². The Labute approximate surface area is 191 Å². The molecule has 0 amide bonds. The molecular weight excluding hydrogens is 435 g/mol. The molecule has 32 heavy (non-hydrogen) atoms. The van der Waals surface area contributed by atoms with E-state index in [4.69, 9.17) is 25.8 Å². The van der Waals surface area contributed by atoms with Crippen LogP contribution in [0.2, 0.25) is 5.02 Å². The van der Waals surface area contributed by atoms with Crippen LogP contribution in [0.1, 0.15) is 12.8 Å². The third-order valence-electron chi connectivity index (χ3n) is 5.29. The van der Waals surface area contributed by atoms with E-state index in [-0.39, 0.29) is 5.02 Å². The Hall–Kier alpha value is -2.68. The number of aromatic nitrogens is 2. The molecule has 170 valence electrons. The lowest BCUT2D eigenvalue weighted by atomic mass is 10.2. The Kier molecular flexibility index (Phi) is 7.57. The molecule has 7 nitrogen and oxygen atoms in total. The maximum Gasteiger partial charge on any atom is 0.162 e. The van der Waals surface area contributed by atoms with Crippen molar-refractivity contribution < 1.29 is 18.6 Å². The molecule has 9 heteroatoms. The number of hydrogen-bond donors (Lipinski definition) is 1. The van der Waals surface area contributed by atoms with E-state index in [0.717, 1.165) is 51.1 Å². The van der Waals surface area contributed by atoms with Gasteiger partial charge in [-0.2, -0.15) is 0 Å². The van der Waals surface area contributed by atoms with Gasteiger partial charge in [0.2, 0.25) is 0 Å². The Balaban J connectivity index is 1.49. The number of benzene rings is 2. The van der Waals surface area contributed by atoms with E-state index in [1.807, 2.05) is 12.1 Å². The van der Waals surface area contributed by atoms with Gasteiger partial charge in [0.15, 0.2) is 11.5 Å². The van der Waals surface area contributed by atoms with E-state index >= 15 is 0 Å². The average Bonchev–Trinajstić information content (AvgIpc) is 3.08. The van der Waals surface area contributed by atoms with Gasteiger partial charge < -0.3 is 24.4 Å². The van der Waals surface area contributed by atoms with Crippen LogP contribution in [-0.4, -0.2) is 61.4 Å². The van der Waals surface area contributed by atoms with Crippen LogP contribution in [0, 0.1) is 5.82 Å². The first-order valence-corrected chi connectivity index (χ1v) is 11.0. The van der Waals surface area contributed by atoms with Crippen molar-refractivity contribution in [3.05, 3.63) is 47.5 Å². The average molecular weight is 461 g/mol. The molecule has 1 fully saturated rings. The monoisotopic (exact) mass is 460 g/mol. The molecule has 1 aliphatic rings. The summed E-state index contributed by atoms with van der Waals surface area (Å²) in [6, 6.07) is 8.11. The molecule has 1 aliphatic heterocycles. The first-order chi connectivity index (χ1) is 15.6. The Morgan fingerprint density at radius 1 is 1.16 bits per heavy atom. The molecule has 2 heterocycles. The molecule has 0 bridgehead atoms. The molecule has 0 unspecified atom stereocenters. The zero-order chi connectivity index (χ0) is 22.3. The van der Waals surface area contributed by atoms with E-state index in [1.165, 1.54) is 18.5 Å². The fourth-order valence-electron chi connectivity index (χ4n) is 3.64. The fraction of sp³-hybridized carbons (Fsp3) is 0.391. The second kappa shape index (κ2) is 10.8. The lowest BCUT2D eigenvalue weighted by Gasteiger charge is -2.19. The van der Waals surface area contributed by atoms with Gasteiger partial charge in [0, 0.05) is 43.4 Å². The molecule has 0 radical (unpaired) electrons. The Morgan fingerprint density at radius 2 is 2.06 bits per heavy atom. The zero-order valence-corrected chi connectivity index (χ0v) is 18.7. The molecule has 0 aliphatic carbocycles. The van der Waals surface area contributed by atoms with Crippen LogP contribution in [0.5, 0.6) is 11.5 Å². The van der Waals surface area contributed by atoms with Crippen LogP contribution in [0.15, 0.2) is 36.7 Å². The quantitative estimate of drug-likeness (QED) is 0.490. The molecule has 2 aromatic carbocycles. The van der Waals surface area contributed by atoms with Crippen LogP contribution in [0.3, 0.4) is 0 Å². The highest BCUT2D eigenvalue weighted by Crippen LogP contribution is 2.35. The molecule has 4 rings (SSSR count). The van der Waals surface area contributed by atoms with Crippen LogP contribution in [-0.2, 0) is 4.74 Å². The van der Waals surface area contributed by atoms with Crippen molar-refractivity contribution in [2.75, 3.05) is 51.9 Å². The van der Waals surface area contributed by atoms with Gasteiger partial charge in [0.25, 0.3) is 0 Å². The molecule has 1 aromatic heterocycles. The van der Waals surface area contributed by atoms with Gasteiger partial charge in [0.05, 0.1) is 30.9 Å². The van der Waals surface area contributed by atoms with Gasteiger partial charge in [-0.3, -0.25) is 0 Å². The largest absolute Gasteiger partial charge is 0.493 e. The van der Waals surface area contributed by atoms with E-state index in [2.05, 4.69) is 20.2 Å². The van der Waals surface area contributed by atoms with Crippen LogP contribution < -0.4 is 14.8 Å². The molecule has 1 saturated heterocycles. The van der Waals surface area contributed by atoms with Gasteiger partial charge in [-0.05, 0) is 37.1 Å². The highest BCUT2D eigenvalue weighted by Gasteiger charge is 2.13. The van der Waals surface area contributed by atoms with E-state index in [0.29, 0.717) is 35.1 Å². The number of ether oxygens (including phenoxy) is 3. The third-order valence-corrected chi connectivity index (χ3v) is 5.58. The van der Waals surface area contributed by atoms with Crippen molar-refractivity contribution in [1.82, 2.24) is 14.9 Å². The number of anilines is 2. The minimum atomic E-state index is -0.474. The first kappa shape index (κ1) is 22.5. The van der Waals surface area contributed by atoms with E-state index in [1.54, 1.807) is 13.2 Å². The summed E-state index contributed by atoms with van der Waals surface area (Å²) in [5, 5.41) is 3.97. The van der Waals surface area contributed by atoms with E-state index in [9.17, 15) is 4.39 Å². The fourth-order valence-corrected chi connectivity index (χ4v) is 3.82. The minimum Gasteiger partial charge on any atom is -0.493 e. The summed E-state index contributed by atoms with van der Waals surface area (Å²) < 4.78 is 30.6. The number of rotatable bonds is 8. The van der Waals surface area contributed by atoms with Crippen molar-refractivity contribution in [2.24, 2.45) is 0 Å². The van der Waals surface area contributed by atoms with E-state index < -0.39 is 5.82 Å². The standard InChI is InChI=1S/C23H26ClFN4O3/c1-30-21-14-20-17(13-22(21)32-10-3-7-29-6-2-9-31-11-8-29)23(27-15-26-20)28-16-4-5-19(25)18(24)12-16/h4-5,12-15H,2-3,6-11H2,1H3,(H,26,27,28). The summed E-state index contributed by atoms with van der Waals surface area (Å²) in [4.78, 5) is 11.1. The van der Waals surface area contributed by atoms with Crippen molar-refractivity contribution >= 4 is 34.0 Å². The second-order valence-corrected chi connectivity index (χ2v) is 7.91. The number of halogens is 2. The van der Waals surface area contributed by atoms with Gasteiger partial charge in [-0.15, -0.1) is 0 Å². The lowest BCUT2D eigenvalue weighted by molar-refractivity contribution is 0.140. The van der Waals surface area contributed by atoms with Crippen LogP contribution in [0.25, 0.3) is 10.9 Å². The van der Waals surface area contributed by atoms with Crippen LogP contribution in [0.4, 0.5) is 15.9 Å². The Morgan fingerprint density at radius 3 is 2.91 bits per heavy atom. The Bertz CT molecular complexity index is 1060. The number of fused-ring (bicyclic) bond motifs is 1. The third kappa shape index (κ3) is 5.56. The van der Waals surface area contributed by atoms with Crippen molar-refractivity contribution in [1.29, 1.82) is 0 Å². The molecular formula is C23H26ClFN4O3. The first-order valence-electron chi connectivity index (χ1n) is 10.6. The second-order valence-electron chi connectivity index (χ2n) is 7.51. The lowest BCUT2D eigenvalue weighted by Crippen LogP contribution is -2.28. The molecule has 3 aromatic rings. The number of hydrogen-bond acceptors (Lipinski definition) is 7. The van der Waals surface area contributed by atoms with Crippen LogP contribution >= 0.6 is 11.6 Å². The van der Waals surface area contributed by atoms with Gasteiger partial charge >= 0.3 is 0 Å². The summed E-state index contributed by atoms with van der Waals surface area (Å²) in [6.45, 7) is 5.15. The smallest absolute Gasteiger partial charge is 0.162 e. The number of nitrogens with one attached hydrogen (secondary N) is 1. The summed E-state index contributed by atoms with van der Waals surface area (Å²) >= 11 is 5.90. The highest BCUT2D eigenvalue weighted by atomic mass is 35.5. The molecule has 1 N–H and O–H groups in total. The number of nitrogens with zero attached hydrogens (tertiary/aromatic N) is 3. The topological polar surface area (TPSA) is 68.7 Å². The predicted molar refractivity (Wildman–Crippen MR) is 123 cm³/mol. The summed E-state index contributed by atoms with van der Waals surface area (Å²) in [7, 11) is 1.60. The SMILES string of the molecule is COc1cc2ncnc(Nc3ccc(F)c(Cl)c3)c2cc1OCCCN1CCCOCC1. The van der Waals surface area contributed by atoms with Crippen molar-refractivity contribution in [2.45, 2.75) is 12.8 Å². The zero-order valence-electron chi connectivity index (χ0n) is 17.9. The maximum atomic E-state index is 13.5. The summed E-state index contributed by atoms with van der Waals surface area (Å²) in [5.41, 5.74) is 1.32. The summed E-state index contributed by atoms with van der Waals surface area (Å²) in [6.07, 6.45) is 3.42. The molecule has 0 atom stereocenters. The maximum absolute atomic E-state index is 13.5. The van der Waals surface area contributed by atoms with Gasteiger partial charge in [0.1, 0.15) is 18.0 Å².